The summed E-state index contributed by atoms with van der Waals surface area (Å²) in [5.74, 6) is -0.0250. The van der Waals surface area contributed by atoms with Crippen LogP contribution in [0.2, 0.25) is 0 Å². The predicted molar refractivity (Wildman–Crippen MR) is 81.2 cm³/mol. The lowest BCUT2D eigenvalue weighted by molar-refractivity contribution is 0.620. The molecule has 94 valence electrons. The zero-order chi connectivity index (χ0) is 13.3. The van der Waals surface area contributed by atoms with Gasteiger partial charge in [0.1, 0.15) is 5.82 Å². The summed E-state index contributed by atoms with van der Waals surface area (Å²) >= 11 is 5.25. The smallest absolute Gasteiger partial charge is 0.221 e. The molecule has 0 saturated carbocycles. The van der Waals surface area contributed by atoms with E-state index < -0.39 is 0 Å². The number of halogens is 3. The summed E-state index contributed by atoms with van der Waals surface area (Å²) in [4.78, 5) is 4.02. The van der Waals surface area contributed by atoms with Crippen LogP contribution < -0.4 is 5.73 Å². The van der Waals surface area contributed by atoms with Crippen molar-refractivity contribution >= 4 is 50.7 Å². The highest BCUT2D eigenvalue weighted by atomic mass is 127. The van der Waals surface area contributed by atoms with E-state index in [-0.39, 0.29) is 5.82 Å². The van der Waals surface area contributed by atoms with Crippen LogP contribution in [-0.4, -0.2) is 15.9 Å². The number of rotatable bonds is 2. The Balaban J connectivity index is 2.34. The van der Waals surface area contributed by atoms with Crippen LogP contribution in [0.15, 0.2) is 27.9 Å². The summed E-state index contributed by atoms with van der Waals surface area (Å²) < 4.78 is 16.2. The predicted octanol–water partition coefficient (Wildman–Crippen LogP) is 3.16. The van der Waals surface area contributed by atoms with Gasteiger partial charge in [0.05, 0.1) is 22.6 Å². The van der Waals surface area contributed by atoms with Crippen molar-refractivity contribution in [2.75, 3.05) is 5.73 Å². The number of aryl methyl sites for hydroxylation is 1. The van der Waals surface area contributed by atoms with E-state index in [4.69, 9.17) is 5.73 Å². The maximum absolute atomic E-state index is 13.4. The molecular formula is C11H9BrFIN4. The largest absolute Gasteiger partial charge is 0.368 e. The number of benzene rings is 1. The van der Waals surface area contributed by atoms with Crippen LogP contribution in [0.25, 0.3) is 0 Å². The molecule has 18 heavy (non-hydrogen) atoms. The zero-order valence-electron chi connectivity index (χ0n) is 9.36. The first kappa shape index (κ1) is 13.5. The molecule has 7 heteroatoms. The van der Waals surface area contributed by atoms with E-state index in [9.17, 15) is 4.39 Å². The Bertz CT molecular complexity index is 624. The van der Waals surface area contributed by atoms with Crippen molar-refractivity contribution in [2.45, 2.75) is 6.92 Å². The lowest BCUT2D eigenvalue weighted by Crippen LogP contribution is -1.98. The van der Waals surface area contributed by atoms with Crippen LogP contribution in [0.4, 0.5) is 10.3 Å². The molecule has 2 aromatic rings. The third kappa shape index (κ3) is 2.89. The number of nitrogens with zero attached hydrogens (tertiary/aromatic N) is 3. The molecule has 0 aliphatic carbocycles. The maximum Gasteiger partial charge on any atom is 0.221 e. The topological polar surface area (TPSA) is 56.2 Å². The van der Waals surface area contributed by atoms with Crippen molar-refractivity contribution in [3.05, 3.63) is 43.4 Å². The number of nitrogens with two attached hydrogens (primary N) is 1. The van der Waals surface area contributed by atoms with Crippen molar-refractivity contribution in [3.63, 3.8) is 0 Å². The Kier molecular flexibility index (Phi) is 4.00. The Morgan fingerprint density at radius 1 is 1.56 bits per heavy atom. The Morgan fingerprint density at radius 3 is 2.89 bits per heavy atom. The fraction of sp³-hybridized carbons (Fsp3) is 0.0909. The van der Waals surface area contributed by atoms with E-state index in [1.165, 1.54) is 10.7 Å². The number of aromatic nitrogens is 2. The fourth-order valence-corrected chi connectivity index (χ4v) is 2.74. The van der Waals surface area contributed by atoms with Gasteiger partial charge in [-0.2, -0.15) is 5.10 Å². The van der Waals surface area contributed by atoms with Gasteiger partial charge in [0.25, 0.3) is 0 Å². The van der Waals surface area contributed by atoms with Gasteiger partial charge in [-0.05, 0) is 57.6 Å². The third-order valence-corrected chi connectivity index (χ3v) is 3.74. The van der Waals surface area contributed by atoms with Gasteiger partial charge in [-0.25, -0.2) is 14.1 Å². The van der Waals surface area contributed by atoms with E-state index in [0.717, 1.165) is 9.26 Å². The molecule has 4 nitrogen and oxygen atoms in total. The minimum Gasteiger partial charge on any atom is -0.368 e. The first-order valence-corrected chi connectivity index (χ1v) is 6.85. The van der Waals surface area contributed by atoms with E-state index in [2.05, 4.69) is 48.6 Å². The van der Waals surface area contributed by atoms with Crippen molar-refractivity contribution < 1.29 is 4.39 Å². The van der Waals surface area contributed by atoms with Crippen LogP contribution >= 0.6 is 38.5 Å². The second kappa shape index (κ2) is 5.35. The number of imidazole rings is 1. The first-order chi connectivity index (χ1) is 8.47. The molecule has 0 atom stereocenters. The molecule has 0 radical (unpaired) electrons. The van der Waals surface area contributed by atoms with Crippen molar-refractivity contribution in [1.82, 2.24) is 9.66 Å². The van der Waals surface area contributed by atoms with Crippen LogP contribution in [0.5, 0.6) is 0 Å². The van der Waals surface area contributed by atoms with Gasteiger partial charge in [-0.15, -0.1) is 0 Å². The van der Waals surface area contributed by atoms with Gasteiger partial charge >= 0.3 is 0 Å². The molecule has 2 rings (SSSR count). The van der Waals surface area contributed by atoms with E-state index in [0.29, 0.717) is 16.0 Å². The number of nitrogen functional groups attached to an aromatic ring is 1. The first-order valence-electron chi connectivity index (χ1n) is 4.97. The number of hydrogen-bond donors (Lipinski definition) is 1. The van der Waals surface area contributed by atoms with E-state index in [1.807, 2.05) is 6.92 Å². The van der Waals surface area contributed by atoms with Gasteiger partial charge in [0.2, 0.25) is 5.95 Å². The molecular weight excluding hydrogens is 414 g/mol. The van der Waals surface area contributed by atoms with Gasteiger partial charge in [-0.3, -0.25) is 0 Å². The van der Waals surface area contributed by atoms with Gasteiger partial charge in [0, 0.05) is 9.13 Å². The number of hydrogen-bond acceptors (Lipinski definition) is 3. The molecule has 0 bridgehead atoms. The highest BCUT2D eigenvalue weighted by Gasteiger charge is 2.05. The summed E-state index contributed by atoms with van der Waals surface area (Å²) in [7, 11) is 0. The van der Waals surface area contributed by atoms with Crippen LogP contribution in [-0.2, 0) is 0 Å². The summed E-state index contributed by atoms with van der Waals surface area (Å²) in [6.45, 7) is 1.82. The summed E-state index contributed by atoms with van der Waals surface area (Å²) in [6.07, 6.45) is 3.25. The van der Waals surface area contributed by atoms with Crippen molar-refractivity contribution in [3.8, 4) is 0 Å². The highest BCUT2D eigenvalue weighted by molar-refractivity contribution is 14.1. The second-order valence-corrected chi connectivity index (χ2v) is 5.63. The Morgan fingerprint density at radius 2 is 2.28 bits per heavy atom. The Labute approximate surface area is 125 Å². The summed E-state index contributed by atoms with van der Waals surface area (Å²) in [5.41, 5.74) is 7.11. The molecule has 0 aliphatic heterocycles. The number of anilines is 1. The molecule has 0 amide bonds. The lowest BCUT2D eigenvalue weighted by Gasteiger charge is -2.01. The van der Waals surface area contributed by atoms with E-state index in [1.54, 1.807) is 18.5 Å². The van der Waals surface area contributed by atoms with Crippen LogP contribution in [0.1, 0.15) is 11.3 Å². The normalized spacial score (nSPS) is 11.3. The minimum absolute atomic E-state index is 0.302. The van der Waals surface area contributed by atoms with Crippen LogP contribution in [0, 0.1) is 16.3 Å². The van der Waals surface area contributed by atoms with Gasteiger partial charge < -0.3 is 5.73 Å². The fourth-order valence-electron chi connectivity index (χ4n) is 1.36. The minimum atomic E-state index is -0.327. The molecule has 0 spiro atoms. The average molecular weight is 423 g/mol. The maximum atomic E-state index is 13.4. The molecule has 1 aromatic carbocycles. The molecule has 2 N–H and O–H groups in total. The van der Waals surface area contributed by atoms with Gasteiger partial charge in [-0.1, -0.05) is 0 Å². The molecule has 0 aliphatic rings. The third-order valence-electron chi connectivity index (χ3n) is 2.20. The van der Waals surface area contributed by atoms with E-state index >= 15 is 0 Å². The highest BCUT2D eigenvalue weighted by Crippen LogP contribution is 2.21. The lowest BCUT2D eigenvalue weighted by atomic mass is 10.2. The SMILES string of the molecule is Cc1cn(N=Cc2cc(F)c(Br)cc2I)c(N)n1. The summed E-state index contributed by atoms with van der Waals surface area (Å²) in [6, 6.07) is 3.11. The molecule has 0 unspecified atom stereocenters. The van der Waals surface area contributed by atoms with Crippen LogP contribution in [0.3, 0.4) is 0 Å². The molecule has 0 fully saturated rings. The average Bonchev–Trinajstić information content (AvgIpc) is 2.61. The van der Waals surface area contributed by atoms with Crippen molar-refractivity contribution in [1.29, 1.82) is 0 Å². The Hall–Kier alpha value is -0.960. The second-order valence-electron chi connectivity index (χ2n) is 3.62. The monoisotopic (exact) mass is 422 g/mol. The summed E-state index contributed by atoms with van der Waals surface area (Å²) in [5, 5.41) is 4.15. The molecule has 1 aromatic heterocycles. The van der Waals surface area contributed by atoms with Crippen molar-refractivity contribution in [2.24, 2.45) is 5.10 Å². The zero-order valence-corrected chi connectivity index (χ0v) is 13.1. The molecule has 1 heterocycles. The standard InChI is InChI=1S/C11H9BrFIN4/c1-6-5-18(11(15)17-6)16-4-7-2-9(13)8(12)3-10(7)14/h2-5H,1H3,(H2,15,17). The van der Waals surface area contributed by atoms with Gasteiger partial charge in [0.15, 0.2) is 0 Å². The molecule has 0 saturated heterocycles. The quantitative estimate of drug-likeness (QED) is 0.459.